The highest BCUT2D eigenvalue weighted by atomic mass is 16.5. The lowest BCUT2D eigenvalue weighted by molar-refractivity contribution is 0.246. The lowest BCUT2D eigenvalue weighted by atomic mass is 10.0. The first-order valence-electron chi connectivity index (χ1n) is 10.2. The Hall–Kier alpha value is -3.51. The van der Waals surface area contributed by atoms with Gasteiger partial charge in [-0.2, -0.15) is 5.10 Å². The number of benzene rings is 2. The second-order valence-electron chi connectivity index (χ2n) is 7.87. The summed E-state index contributed by atoms with van der Waals surface area (Å²) in [4.78, 5) is 6.05. The third-order valence-electron chi connectivity index (χ3n) is 6.05. The van der Waals surface area contributed by atoms with E-state index in [1.807, 2.05) is 30.5 Å². The first-order valence-corrected chi connectivity index (χ1v) is 10.2. The van der Waals surface area contributed by atoms with Crippen molar-refractivity contribution in [3.63, 3.8) is 0 Å². The molecule has 3 aromatic heterocycles. The number of para-hydroxylation sites is 1. The van der Waals surface area contributed by atoms with Gasteiger partial charge in [0.25, 0.3) is 0 Å². The number of aromatic amines is 2. The minimum Gasteiger partial charge on any atom is -0.497 e. The van der Waals surface area contributed by atoms with Crippen molar-refractivity contribution in [1.82, 2.24) is 20.1 Å². The van der Waals surface area contributed by atoms with Gasteiger partial charge in [0.2, 0.25) is 0 Å². The molecule has 0 fully saturated rings. The molecule has 30 heavy (non-hydrogen) atoms. The van der Waals surface area contributed by atoms with Crippen molar-refractivity contribution in [2.24, 2.45) is 0 Å². The van der Waals surface area contributed by atoms with E-state index in [0.717, 1.165) is 59.8 Å². The Morgan fingerprint density at radius 1 is 1.17 bits per heavy atom. The van der Waals surface area contributed by atoms with Crippen LogP contribution in [0.4, 0.5) is 0 Å². The molecule has 6 nitrogen and oxygen atoms in total. The summed E-state index contributed by atoms with van der Waals surface area (Å²) in [6.45, 7) is 2.72. The molecule has 0 saturated carbocycles. The average molecular weight is 398 g/mol. The van der Waals surface area contributed by atoms with Crippen molar-refractivity contribution >= 4 is 21.9 Å². The molecule has 0 atom stereocenters. The molecule has 6 heteroatoms. The maximum atomic E-state index is 6.06. The lowest BCUT2D eigenvalue weighted by Gasteiger charge is -2.27. The van der Waals surface area contributed by atoms with Gasteiger partial charge in [-0.1, -0.05) is 18.2 Å². The second-order valence-corrected chi connectivity index (χ2v) is 7.87. The third kappa shape index (κ3) is 2.80. The van der Waals surface area contributed by atoms with E-state index in [9.17, 15) is 0 Å². The zero-order valence-electron chi connectivity index (χ0n) is 16.7. The Morgan fingerprint density at radius 2 is 2.10 bits per heavy atom. The molecule has 0 spiro atoms. The van der Waals surface area contributed by atoms with Crippen molar-refractivity contribution in [2.45, 2.75) is 19.5 Å². The summed E-state index contributed by atoms with van der Waals surface area (Å²) in [5.74, 6) is 1.72. The van der Waals surface area contributed by atoms with Gasteiger partial charge in [-0.25, -0.2) is 0 Å². The van der Waals surface area contributed by atoms with E-state index in [2.05, 4.69) is 44.3 Å². The standard InChI is InChI=1S/C24H22N4O2/c1-29-17-6-7-20-18(11-17)19-14-28(9-8-21(19)26-20)13-16-12-25-27-24(16)23-10-15-4-2-3-5-22(15)30-23/h2-7,10-12,26H,8-9,13-14H2,1H3,(H,25,27). The zero-order valence-corrected chi connectivity index (χ0v) is 16.7. The number of rotatable bonds is 4. The molecular weight excluding hydrogens is 376 g/mol. The van der Waals surface area contributed by atoms with Crippen molar-refractivity contribution in [3.05, 3.63) is 71.5 Å². The van der Waals surface area contributed by atoms with Crippen molar-refractivity contribution in [1.29, 1.82) is 0 Å². The summed E-state index contributed by atoms with van der Waals surface area (Å²) in [6.07, 6.45) is 2.92. The molecule has 5 aromatic rings. The Labute approximate surface area is 173 Å². The maximum Gasteiger partial charge on any atom is 0.153 e. The molecular formula is C24H22N4O2. The number of nitrogens with zero attached hydrogens (tertiary/aromatic N) is 2. The lowest BCUT2D eigenvalue weighted by Crippen LogP contribution is -2.29. The Bertz CT molecular complexity index is 1330. The summed E-state index contributed by atoms with van der Waals surface area (Å²) in [6, 6.07) is 16.4. The topological polar surface area (TPSA) is 70.1 Å². The first kappa shape index (κ1) is 17.4. The van der Waals surface area contributed by atoms with Crippen molar-refractivity contribution in [3.8, 4) is 17.2 Å². The second kappa shape index (κ2) is 6.78. The molecule has 2 N–H and O–H groups in total. The fourth-order valence-electron chi connectivity index (χ4n) is 4.50. The van der Waals surface area contributed by atoms with Crippen LogP contribution in [0.2, 0.25) is 0 Å². The number of hydrogen-bond donors (Lipinski definition) is 2. The van der Waals surface area contributed by atoms with Crippen molar-refractivity contribution in [2.75, 3.05) is 13.7 Å². The normalized spacial score (nSPS) is 14.4. The molecule has 0 radical (unpaired) electrons. The van der Waals surface area contributed by atoms with Gasteiger partial charge in [0.15, 0.2) is 5.76 Å². The molecule has 0 saturated heterocycles. The summed E-state index contributed by atoms with van der Waals surface area (Å²) in [5.41, 5.74) is 6.87. The van der Waals surface area contributed by atoms with Gasteiger partial charge >= 0.3 is 0 Å². The van der Waals surface area contributed by atoms with E-state index in [1.165, 1.54) is 22.2 Å². The van der Waals surface area contributed by atoms with Gasteiger partial charge < -0.3 is 14.1 Å². The van der Waals surface area contributed by atoms with Gasteiger partial charge in [0, 0.05) is 53.6 Å². The molecule has 4 heterocycles. The largest absolute Gasteiger partial charge is 0.497 e. The van der Waals surface area contributed by atoms with E-state index in [0.29, 0.717) is 0 Å². The highest BCUT2D eigenvalue weighted by Gasteiger charge is 2.23. The maximum absolute atomic E-state index is 6.06. The van der Waals surface area contributed by atoms with Gasteiger partial charge in [-0.3, -0.25) is 10.00 Å². The van der Waals surface area contributed by atoms with Gasteiger partial charge in [-0.05, 0) is 35.9 Å². The van der Waals surface area contributed by atoms with Crippen LogP contribution in [0.5, 0.6) is 5.75 Å². The van der Waals surface area contributed by atoms with Crippen LogP contribution in [-0.2, 0) is 19.5 Å². The van der Waals surface area contributed by atoms with Crippen molar-refractivity contribution < 1.29 is 9.15 Å². The van der Waals surface area contributed by atoms with Gasteiger partial charge in [0.05, 0.1) is 13.3 Å². The molecule has 1 aliphatic rings. The van der Waals surface area contributed by atoms with Crippen LogP contribution >= 0.6 is 0 Å². The smallest absolute Gasteiger partial charge is 0.153 e. The number of ether oxygens (including phenoxy) is 1. The Kier molecular flexibility index (Phi) is 3.92. The summed E-state index contributed by atoms with van der Waals surface area (Å²) < 4.78 is 11.5. The summed E-state index contributed by atoms with van der Waals surface area (Å²) >= 11 is 0. The average Bonchev–Trinajstić information content (AvgIpc) is 3.49. The number of H-pyrrole nitrogens is 2. The molecule has 0 bridgehead atoms. The van der Waals surface area contributed by atoms with Gasteiger partial charge in [-0.15, -0.1) is 0 Å². The monoisotopic (exact) mass is 398 g/mol. The number of aromatic nitrogens is 3. The third-order valence-corrected chi connectivity index (χ3v) is 6.05. The van der Waals surface area contributed by atoms with Crippen LogP contribution in [0.3, 0.4) is 0 Å². The van der Waals surface area contributed by atoms with Crippen LogP contribution in [0.25, 0.3) is 33.3 Å². The van der Waals surface area contributed by atoms with E-state index >= 15 is 0 Å². The van der Waals surface area contributed by atoms with Crippen LogP contribution < -0.4 is 4.74 Å². The molecule has 150 valence electrons. The predicted molar refractivity (Wildman–Crippen MR) is 116 cm³/mol. The zero-order chi connectivity index (χ0) is 20.1. The molecule has 1 aliphatic heterocycles. The SMILES string of the molecule is COc1ccc2[nH]c3c(c2c1)CN(Cc1cn[nH]c1-c1cc2ccccc2o1)CC3. The molecule has 0 amide bonds. The molecule has 6 rings (SSSR count). The number of furan rings is 1. The summed E-state index contributed by atoms with van der Waals surface area (Å²) in [7, 11) is 1.71. The van der Waals surface area contributed by atoms with Crippen LogP contribution in [0.1, 0.15) is 16.8 Å². The minimum absolute atomic E-state index is 0.818. The van der Waals surface area contributed by atoms with E-state index in [-0.39, 0.29) is 0 Å². The number of nitrogens with one attached hydrogen (secondary N) is 2. The van der Waals surface area contributed by atoms with Crippen LogP contribution in [0, 0.1) is 0 Å². The molecule has 0 unspecified atom stereocenters. The fourth-order valence-corrected chi connectivity index (χ4v) is 4.50. The number of fused-ring (bicyclic) bond motifs is 4. The van der Waals surface area contributed by atoms with E-state index < -0.39 is 0 Å². The Morgan fingerprint density at radius 3 is 3.00 bits per heavy atom. The minimum atomic E-state index is 0.818. The first-order chi connectivity index (χ1) is 14.8. The highest BCUT2D eigenvalue weighted by Crippen LogP contribution is 2.33. The van der Waals surface area contributed by atoms with E-state index in [1.54, 1.807) is 7.11 Å². The molecule has 0 aliphatic carbocycles. The van der Waals surface area contributed by atoms with Gasteiger partial charge in [0.1, 0.15) is 17.0 Å². The van der Waals surface area contributed by atoms with Crippen LogP contribution in [-0.4, -0.2) is 33.7 Å². The highest BCUT2D eigenvalue weighted by molar-refractivity contribution is 5.86. The summed E-state index contributed by atoms with van der Waals surface area (Å²) in [5, 5.41) is 9.79. The van der Waals surface area contributed by atoms with E-state index in [4.69, 9.17) is 9.15 Å². The van der Waals surface area contributed by atoms with Crippen LogP contribution in [0.15, 0.2) is 59.1 Å². The number of methoxy groups -OCH3 is 1. The quantitative estimate of drug-likeness (QED) is 0.453. The number of hydrogen-bond acceptors (Lipinski definition) is 4. The Balaban J connectivity index is 1.30. The fraction of sp³-hybridized carbons (Fsp3) is 0.208. The molecule has 2 aromatic carbocycles. The predicted octanol–water partition coefficient (Wildman–Crippen LogP) is 4.87.